The summed E-state index contributed by atoms with van der Waals surface area (Å²) in [4.78, 5) is 23.8. The van der Waals surface area contributed by atoms with Crippen molar-refractivity contribution in [1.29, 1.82) is 0 Å². The van der Waals surface area contributed by atoms with Crippen molar-refractivity contribution in [3.05, 3.63) is 23.8 Å². The van der Waals surface area contributed by atoms with E-state index < -0.39 is 5.97 Å². The molecule has 1 amide bonds. The van der Waals surface area contributed by atoms with Gasteiger partial charge in [-0.05, 0) is 36.5 Å². The predicted molar refractivity (Wildman–Crippen MR) is 93.9 cm³/mol. The normalized spacial score (nSPS) is 22.8. The molecule has 6 nitrogen and oxygen atoms in total. The first kappa shape index (κ1) is 19.1. The molecule has 1 aromatic carbocycles. The Morgan fingerprint density at radius 2 is 1.92 bits per heavy atom. The van der Waals surface area contributed by atoms with Gasteiger partial charge in [-0.2, -0.15) is 0 Å². The lowest BCUT2D eigenvalue weighted by Gasteiger charge is -2.34. The number of ether oxygens (including phenoxy) is 3. The smallest absolute Gasteiger partial charge is 0.337 e. The molecule has 0 bridgehead atoms. The van der Waals surface area contributed by atoms with Crippen molar-refractivity contribution >= 4 is 11.9 Å². The van der Waals surface area contributed by atoms with Gasteiger partial charge in [-0.1, -0.05) is 26.7 Å². The van der Waals surface area contributed by atoms with Crippen molar-refractivity contribution in [3.63, 3.8) is 0 Å². The van der Waals surface area contributed by atoms with Gasteiger partial charge in [0.2, 0.25) is 0 Å². The van der Waals surface area contributed by atoms with Gasteiger partial charge in [0.1, 0.15) is 0 Å². The molecule has 0 heterocycles. The molecule has 2 rings (SSSR count). The van der Waals surface area contributed by atoms with Crippen molar-refractivity contribution in [2.75, 3.05) is 20.8 Å². The summed E-state index contributed by atoms with van der Waals surface area (Å²) in [5.41, 5.74) is 0.362. The fourth-order valence-electron chi connectivity index (χ4n) is 3.21. The van der Waals surface area contributed by atoms with E-state index in [-0.39, 0.29) is 18.6 Å². The Morgan fingerprint density at radius 1 is 1.16 bits per heavy atom. The Hall–Kier alpha value is -2.24. The second-order valence-corrected chi connectivity index (χ2v) is 6.59. The molecule has 3 atom stereocenters. The number of carbonyl (C=O) groups is 2. The SMILES string of the molecule is COC(=O)c1ccc(OCC(=O)N[C@@H]2CCC[C@@H](C)[C@H]2C)c(OC)c1. The maximum absolute atomic E-state index is 12.2. The van der Waals surface area contributed by atoms with Crippen LogP contribution in [0.2, 0.25) is 0 Å². The molecule has 0 radical (unpaired) electrons. The number of methoxy groups -OCH3 is 2. The first-order valence-electron chi connectivity index (χ1n) is 8.64. The number of benzene rings is 1. The molecule has 1 aromatic rings. The number of nitrogens with one attached hydrogen (secondary N) is 1. The van der Waals surface area contributed by atoms with Gasteiger partial charge in [-0.3, -0.25) is 4.79 Å². The molecular formula is C19H27NO5. The van der Waals surface area contributed by atoms with Crippen LogP contribution in [0.3, 0.4) is 0 Å². The molecule has 0 aliphatic heterocycles. The molecule has 1 aliphatic carbocycles. The summed E-state index contributed by atoms with van der Waals surface area (Å²) >= 11 is 0. The largest absolute Gasteiger partial charge is 0.493 e. The maximum Gasteiger partial charge on any atom is 0.337 e. The van der Waals surface area contributed by atoms with E-state index in [0.29, 0.717) is 28.9 Å². The Bertz CT molecular complexity index is 616. The number of carbonyl (C=O) groups excluding carboxylic acids is 2. The molecule has 0 spiro atoms. The van der Waals surface area contributed by atoms with Crippen molar-refractivity contribution in [1.82, 2.24) is 5.32 Å². The highest BCUT2D eigenvalue weighted by Gasteiger charge is 2.28. The minimum Gasteiger partial charge on any atom is -0.493 e. The predicted octanol–water partition coefficient (Wildman–Crippen LogP) is 2.80. The van der Waals surface area contributed by atoms with E-state index in [1.54, 1.807) is 12.1 Å². The minimum atomic E-state index is -0.456. The molecule has 0 saturated heterocycles. The van der Waals surface area contributed by atoms with Crippen LogP contribution in [0.25, 0.3) is 0 Å². The topological polar surface area (TPSA) is 73.9 Å². The van der Waals surface area contributed by atoms with Gasteiger partial charge in [0.15, 0.2) is 18.1 Å². The molecule has 138 valence electrons. The Kier molecular flexibility index (Phi) is 6.67. The van der Waals surface area contributed by atoms with Gasteiger partial charge in [-0.25, -0.2) is 4.79 Å². The van der Waals surface area contributed by atoms with Crippen LogP contribution < -0.4 is 14.8 Å². The summed E-state index contributed by atoms with van der Waals surface area (Å²) in [7, 11) is 2.80. The third-order valence-corrected chi connectivity index (χ3v) is 5.00. The van der Waals surface area contributed by atoms with Crippen molar-refractivity contribution < 1.29 is 23.8 Å². The zero-order chi connectivity index (χ0) is 18.4. The molecule has 1 saturated carbocycles. The number of rotatable bonds is 6. The van der Waals surface area contributed by atoms with Gasteiger partial charge in [-0.15, -0.1) is 0 Å². The fourth-order valence-corrected chi connectivity index (χ4v) is 3.21. The van der Waals surface area contributed by atoms with E-state index in [1.165, 1.54) is 26.7 Å². The van der Waals surface area contributed by atoms with Gasteiger partial charge >= 0.3 is 5.97 Å². The maximum atomic E-state index is 12.2. The highest BCUT2D eigenvalue weighted by atomic mass is 16.5. The Labute approximate surface area is 148 Å². The molecular weight excluding hydrogens is 322 g/mol. The van der Waals surface area contributed by atoms with Gasteiger partial charge < -0.3 is 19.5 Å². The highest BCUT2D eigenvalue weighted by Crippen LogP contribution is 2.30. The van der Waals surface area contributed by atoms with Gasteiger partial charge in [0.05, 0.1) is 19.8 Å². The summed E-state index contributed by atoms with van der Waals surface area (Å²) in [5.74, 6) is 1.27. The quantitative estimate of drug-likeness (QED) is 0.800. The van der Waals surface area contributed by atoms with Crippen molar-refractivity contribution in [3.8, 4) is 11.5 Å². The third kappa shape index (κ3) is 4.87. The van der Waals surface area contributed by atoms with Crippen molar-refractivity contribution in [2.45, 2.75) is 39.2 Å². The van der Waals surface area contributed by atoms with Crippen LogP contribution in [0, 0.1) is 11.8 Å². The number of esters is 1. The zero-order valence-corrected chi connectivity index (χ0v) is 15.3. The van der Waals surface area contributed by atoms with Gasteiger partial charge in [0, 0.05) is 6.04 Å². The summed E-state index contributed by atoms with van der Waals surface area (Å²) in [6, 6.07) is 4.91. The minimum absolute atomic E-state index is 0.0917. The molecule has 1 N–H and O–H groups in total. The Balaban J connectivity index is 1.94. The molecule has 0 aromatic heterocycles. The fraction of sp³-hybridized carbons (Fsp3) is 0.579. The van der Waals surface area contributed by atoms with Crippen LogP contribution in [0.1, 0.15) is 43.5 Å². The zero-order valence-electron chi connectivity index (χ0n) is 15.3. The molecule has 1 fully saturated rings. The summed E-state index contributed by atoms with van der Waals surface area (Å²) < 4.78 is 15.5. The average molecular weight is 349 g/mol. The highest BCUT2D eigenvalue weighted by molar-refractivity contribution is 5.90. The monoisotopic (exact) mass is 349 g/mol. The molecule has 6 heteroatoms. The average Bonchev–Trinajstić information content (AvgIpc) is 2.63. The second kappa shape index (κ2) is 8.74. The summed E-state index contributed by atoms with van der Waals surface area (Å²) in [6.45, 7) is 4.32. The van der Waals surface area contributed by atoms with Crippen LogP contribution in [0.4, 0.5) is 0 Å². The van der Waals surface area contributed by atoms with Crippen LogP contribution in [0.15, 0.2) is 18.2 Å². The van der Waals surface area contributed by atoms with E-state index in [9.17, 15) is 9.59 Å². The number of hydrogen-bond donors (Lipinski definition) is 1. The first-order chi connectivity index (χ1) is 12.0. The molecule has 25 heavy (non-hydrogen) atoms. The van der Waals surface area contributed by atoms with Crippen LogP contribution in [0.5, 0.6) is 11.5 Å². The number of amides is 1. The lowest BCUT2D eigenvalue weighted by molar-refractivity contribution is -0.124. The Morgan fingerprint density at radius 3 is 2.60 bits per heavy atom. The van der Waals surface area contributed by atoms with E-state index in [4.69, 9.17) is 9.47 Å². The van der Waals surface area contributed by atoms with Crippen LogP contribution >= 0.6 is 0 Å². The second-order valence-electron chi connectivity index (χ2n) is 6.59. The number of hydrogen-bond acceptors (Lipinski definition) is 5. The standard InChI is InChI=1S/C19H27NO5/c1-12-6-5-7-15(13(12)2)20-18(21)11-25-16-9-8-14(19(22)24-4)10-17(16)23-3/h8-10,12-13,15H,5-7,11H2,1-4H3,(H,20,21)/t12-,13-,15-/m1/s1. The van der Waals surface area contributed by atoms with E-state index >= 15 is 0 Å². The molecule has 1 aliphatic rings. The lowest BCUT2D eigenvalue weighted by atomic mass is 9.78. The molecule has 0 unspecified atom stereocenters. The van der Waals surface area contributed by atoms with E-state index in [0.717, 1.165) is 12.8 Å². The summed E-state index contributed by atoms with van der Waals surface area (Å²) in [5, 5.41) is 3.07. The van der Waals surface area contributed by atoms with Gasteiger partial charge in [0.25, 0.3) is 5.91 Å². The third-order valence-electron chi connectivity index (χ3n) is 5.00. The van der Waals surface area contributed by atoms with E-state index in [1.807, 2.05) is 0 Å². The summed E-state index contributed by atoms with van der Waals surface area (Å²) in [6.07, 6.45) is 3.36. The van der Waals surface area contributed by atoms with Crippen molar-refractivity contribution in [2.24, 2.45) is 11.8 Å². The lowest BCUT2D eigenvalue weighted by Crippen LogP contribution is -2.45. The van der Waals surface area contributed by atoms with Crippen LogP contribution in [-0.4, -0.2) is 38.7 Å². The van der Waals surface area contributed by atoms with E-state index in [2.05, 4.69) is 23.9 Å². The van der Waals surface area contributed by atoms with Crippen LogP contribution in [-0.2, 0) is 9.53 Å². The first-order valence-corrected chi connectivity index (χ1v) is 8.64.